The van der Waals surface area contributed by atoms with Gasteiger partial charge in [0.2, 0.25) is 10.0 Å². The van der Waals surface area contributed by atoms with Crippen molar-refractivity contribution in [1.82, 2.24) is 9.29 Å². The first-order chi connectivity index (χ1) is 15.6. The van der Waals surface area contributed by atoms with Crippen LogP contribution in [-0.4, -0.2) is 53.3 Å². The Bertz CT molecular complexity index is 1200. The number of sulfonamides is 1. The molecule has 1 aromatic carbocycles. The second-order valence-electron chi connectivity index (χ2n) is 9.48. The van der Waals surface area contributed by atoms with Crippen LogP contribution in [0, 0.1) is 5.92 Å². The molecular formula is C25H30ClIN2O2S2. The van der Waals surface area contributed by atoms with Crippen LogP contribution >= 0.6 is 44.2 Å². The molecule has 1 atom stereocenters. The smallest absolute Gasteiger partial charge is 0.223 e. The van der Waals surface area contributed by atoms with Gasteiger partial charge < -0.3 is 0 Å². The molecule has 178 valence electrons. The Hall–Kier alpha value is -0.870. The number of hydrogen-bond donors (Lipinski definition) is 0. The number of nitrogens with zero attached hydrogens (tertiary/aromatic N) is 2. The summed E-state index contributed by atoms with van der Waals surface area (Å²) >= 11 is 8.37. The maximum atomic E-state index is 12.4. The average molecular weight is 617 g/mol. The monoisotopic (exact) mass is 616 g/mol. The molecule has 2 heterocycles. The Morgan fingerprint density at radius 1 is 1.18 bits per heavy atom. The summed E-state index contributed by atoms with van der Waals surface area (Å²) in [7, 11) is -3.98. The van der Waals surface area contributed by atoms with Gasteiger partial charge in [0.15, 0.2) is 0 Å². The van der Waals surface area contributed by atoms with Gasteiger partial charge in [0.25, 0.3) is 0 Å². The van der Waals surface area contributed by atoms with Crippen LogP contribution in [0.15, 0.2) is 48.0 Å². The van der Waals surface area contributed by atoms with Gasteiger partial charge in [-0.1, -0.05) is 46.3 Å². The summed E-state index contributed by atoms with van der Waals surface area (Å²) in [4.78, 5) is 4.90. The summed E-state index contributed by atoms with van der Waals surface area (Å²) in [5.41, 5.74) is 5.72. The molecule has 0 saturated carbocycles. The van der Waals surface area contributed by atoms with Crippen molar-refractivity contribution < 1.29 is 8.42 Å². The minimum Gasteiger partial charge on any atom is -0.260 e. The van der Waals surface area contributed by atoms with Crippen molar-refractivity contribution in [3.05, 3.63) is 75.4 Å². The molecule has 2 aromatic rings. The molecular weight excluding hydrogens is 587 g/mol. The number of pyridine rings is 1. The molecule has 1 aromatic heterocycles. The Morgan fingerprint density at radius 3 is 2.58 bits per heavy atom. The topological polar surface area (TPSA) is 50.3 Å². The quantitative estimate of drug-likeness (QED) is 0.290. The molecule has 4 rings (SSSR count). The van der Waals surface area contributed by atoms with Crippen LogP contribution in [-0.2, 0) is 10.0 Å². The average Bonchev–Trinajstić information content (AvgIpc) is 2.91. The van der Waals surface area contributed by atoms with Crippen molar-refractivity contribution >= 4 is 65.9 Å². The van der Waals surface area contributed by atoms with Gasteiger partial charge in [0.1, 0.15) is 3.76 Å². The van der Waals surface area contributed by atoms with E-state index in [9.17, 15) is 8.42 Å². The van der Waals surface area contributed by atoms with Crippen LogP contribution in [0.4, 0.5) is 0 Å². The van der Waals surface area contributed by atoms with Gasteiger partial charge >= 0.3 is 0 Å². The fraction of sp³-hybridized carbons (Fsp3) is 0.400. The summed E-state index contributed by atoms with van der Waals surface area (Å²) in [5, 5.41) is 3.03. The maximum absolute atomic E-state index is 12.4. The van der Waals surface area contributed by atoms with E-state index in [0.717, 1.165) is 40.3 Å². The molecule has 4 nitrogen and oxygen atoms in total. The highest BCUT2D eigenvalue weighted by atomic mass is 127. The van der Waals surface area contributed by atoms with E-state index in [4.69, 9.17) is 16.6 Å². The summed E-state index contributed by atoms with van der Waals surface area (Å²) in [5.74, 6) is 0.409. The van der Waals surface area contributed by atoms with E-state index in [1.54, 1.807) is 4.31 Å². The lowest BCUT2D eigenvalue weighted by Crippen LogP contribution is -2.40. The molecule has 8 heteroatoms. The second kappa shape index (κ2) is 10.0. The number of fused-ring (bicyclic) bond motifs is 2. The molecule has 2 aliphatic rings. The summed E-state index contributed by atoms with van der Waals surface area (Å²) in [6, 6.07) is 10.3. The fourth-order valence-electron chi connectivity index (χ4n) is 4.70. The lowest BCUT2D eigenvalue weighted by Gasteiger charge is -2.36. The fourth-order valence-corrected chi connectivity index (χ4v) is 7.53. The second-order valence-corrected chi connectivity index (χ2v) is 17.8. The highest BCUT2D eigenvalue weighted by Gasteiger charge is 2.36. The molecule has 0 spiro atoms. The van der Waals surface area contributed by atoms with E-state index in [-0.39, 0.29) is 9.68 Å². The first kappa shape index (κ1) is 25.2. The number of hydrogen-bond acceptors (Lipinski definition) is 3. The number of benzene rings is 1. The van der Waals surface area contributed by atoms with Gasteiger partial charge in [-0.15, -0.1) is 0 Å². The Balaban J connectivity index is 1.80. The summed E-state index contributed by atoms with van der Waals surface area (Å²) in [6.45, 7) is 1.12. The third kappa shape index (κ3) is 5.69. The third-order valence-corrected chi connectivity index (χ3v) is 11.3. The molecule has 1 unspecified atom stereocenters. The largest absolute Gasteiger partial charge is 0.260 e. The Kier molecular flexibility index (Phi) is 7.65. The predicted octanol–water partition coefficient (Wildman–Crippen LogP) is 6.36. The third-order valence-electron chi connectivity index (χ3n) is 6.30. The van der Waals surface area contributed by atoms with Gasteiger partial charge in [-0.2, -0.15) is 0 Å². The zero-order valence-electron chi connectivity index (χ0n) is 19.2. The number of halogens is 2. The molecule has 33 heavy (non-hydrogen) atoms. The van der Waals surface area contributed by atoms with E-state index in [1.165, 1.54) is 5.56 Å². The predicted molar refractivity (Wildman–Crippen MR) is 152 cm³/mol. The highest BCUT2D eigenvalue weighted by molar-refractivity contribution is 14.1. The maximum Gasteiger partial charge on any atom is 0.223 e. The van der Waals surface area contributed by atoms with Crippen LogP contribution in [0.25, 0.3) is 11.6 Å². The number of aromatic nitrogens is 1. The minimum absolute atomic E-state index is 0.0991. The van der Waals surface area contributed by atoms with Crippen molar-refractivity contribution in [2.45, 2.75) is 18.8 Å². The lowest BCUT2D eigenvalue weighted by molar-refractivity contribution is 0.256. The molecule has 0 N–H and O–H groups in total. The molecule has 1 fully saturated rings. The van der Waals surface area contributed by atoms with E-state index in [2.05, 4.69) is 48.5 Å². The molecule has 0 bridgehead atoms. The van der Waals surface area contributed by atoms with E-state index in [0.29, 0.717) is 19.0 Å². The lowest BCUT2D eigenvalue weighted by atomic mass is 9.76. The molecule has 0 radical (unpaired) electrons. The number of piperidine rings is 1. The Labute approximate surface area is 218 Å². The van der Waals surface area contributed by atoms with Crippen molar-refractivity contribution in [3.63, 3.8) is 0 Å². The molecule has 1 saturated heterocycles. The molecule has 1 aliphatic carbocycles. The first-order valence-electron chi connectivity index (χ1n) is 11.0. The van der Waals surface area contributed by atoms with Crippen molar-refractivity contribution in [2.75, 3.05) is 35.6 Å². The zero-order chi connectivity index (χ0) is 23.8. The zero-order valence-corrected chi connectivity index (χ0v) is 23.7. The van der Waals surface area contributed by atoms with E-state index in [1.807, 2.05) is 47.0 Å². The highest BCUT2D eigenvalue weighted by Crippen LogP contribution is 2.46. The SMILES string of the molecule is CS(C)(C)/C=C\C1=Cc2cc(Cl)ccc2C(C2CCN(S(=O)(=O)CI)CC2)c2ncccc21. The van der Waals surface area contributed by atoms with Crippen LogP contribution in [0.5, 0.6) is 0 Å². The number of rotatable bonds is 5. The molecule has 0 amide bonds. The van der Waals surface area contributed by atoms with Gasteiger partial charge in [0.05, 0.1) is 5.69 Å². The summed E-state index contributed by atoms with van der Waals surface area (Å²) < 4.78 is 26.6. The van der Waals surface area contributed by atoms with Crippen molar-refractivity contribution in [1.29, 1.82) is 0 Å². The normalized spacial score (nSPS) is 20.8. The van der Waals surface area contributed by atoms with E-state index >= 15 is 0 Å². The van der Waals surface area contributed by atoms with Crippen LogP contribution in [0.2, 0.25) is 5.02 Å². The van der Waals surface area contributed by atoms with Crippen LogP contribution in [0.3, 0.4) is 0 Å². The van der Waals surface area contributed by atoms with Crippen LogP contribution < -0.4 is 0 Å². The first-order valence-corrected chi connectivity index (χ1v) is 17.4. The van der Waals surface area contributed by atoms with Gasteiger partial charge in [-0.3, -0.25) is 4.98 Å². The van der Waals surface area contributed by atoms with Gasteiger partial charge in [-0.05, 0) is 90.0 Å². The van der Waals surface area contributed by atoms with Gasteiger partial charge in [-0.25, -0.2) is 22.8 Å². The minimum atomic E-state index is -3.17. The van der Waals surface area contributed by atoms with Crippen molar-refractivity contribution in [3.8, 4) is 0 Å². The number of allylic oxidation sites excluding steroid dienone is 2. The Morgan fingerprint density at radius 2 is 1.91 bits per heavy atom. The standard InChI is InChI=1S/C25H30ClIN2O2S2/c1-32(2,3)14-10-19-15-20-16-21(26)6-7-22(20)24(25-23(19)5-4-11-28-25)18-8-12-29(13-9-18)33(30,31)17-27/h4-7,10-11,14-16,18,24H,8-9,12-13,17H2,1-3H3/b14-10-. The van der Waals surface area contributed by atoms with E-state index < -0.39 is 20.1 Å². The van der Waals surface area contributed by atoms with Crippen molar-refractivity contribution in [2.24, 2.45) is 5.92 Å². The molecule has 1 aliphatic heterocycles. The summed E-state index contributed by atoms with van der Waals surface area (Å²) in [6.07, 6.45) is 14.8. The van der Waals surface area contributed by atoms with Crippen LogP contribution in [0.1, 0.15) is 41.1 Å². The number of alkyl halides is 1. The van der Waals surface area contributed by atoms with Gasteiger partial charge in [0, 0.05) is 35.8 Å².